The third-order valence-electron chi connectivity index (χ3n) is 1.68. The van der Waals surface area contributed by atoms with E-state index in [1.54, 1.807) is 18.2 Å². The molecule has 19 heavy (non-hydrogen) atoms. The summed E-state index contributed by atoms with van der Waals surface area (Å²) in [5.41, 5.74) is 0. The van der Waals surface area contributed by atoms with Crippen molar-refractivity contribution in [2.24, 2.45) is 0 Å². The van der Waals surface area contributed by atoms with Crippen LogP contribution in [0, 0.1) is 0 Å². The zero-order chi connectivity index (χ0) is 14.8. The van der Waals surface area contributed by atoms with Crippen LogP contribution in [-0.4, -0.2) is 42.6 Å². The van der Waals surface area contributed by atoms with E-state index in [9.17, 15) is 5.11 Å². The SMILES string of the molecule is CC(=O)O.COCC(O)COc1ccc(Cl)cc1Cl. The molecule has 0 spiro atoms. The lowest BCUT2D eigenvalue weighted by Crippen LogP contribution is -2.22. The van der Waals surface area contributed by atoms with Gasteiger partial charge in [0.15, 0.2) is 0 Å². The molecule has 1 atom stereocenters. The number of methoxy groups -OCH3 is 1. The van der Waals surface area contributed by atoms with Gasteiger partial charge in [-0.25, -0.2) is 0 Å². The number of aliphatic hydroxyl groups excluding tert-OH is 1. The van der Waals surface area contributed by atoms with Crippen LogP contribution in [0.15, 0.2) is 18.2 Å². The summed E-state index contributed by atoms with van der Waals surface area (Å²) in [6, 6.07) is 4.91. The summed E-state index contributed by atoms with van der Waals surface area (Å²) in [5.74, 6) is -0.337. The van der Waals surface area contributed by atoms with E-state index in [0.29, 0.717) is 15.8 Å². The molecule has 1 aromatic rings. The molecule has 0 saturated carbocycles. The minimum absolute atomic E-state index is 0.134. The van der Waals surface area contributed by atoms with Crippen LogP contribution in [0.25, 0.3) is 0 Å². The van der Waals surface area contributed by atoms with Crippen molar-refractivity contribution in [1.29, 1.82) is 0 Å². The van der Waals surface area contributed by atoms with Crippen LogP contribution in [0.1, 0.15) is 6.92 Å². The van der Waals surface area contributed by atoms with Crippen LogP contribution < -0.4 is 4.74 Å². The lowest BCUT2D eigenvalue weighted by molar-refractivity contribution is -0.134. The van der Waals surface area contributed by atoms with Crippen LogP contribution >= 0.6 is 23.2 Å². The molecule has 1 rings (SSSR count). The van der Waals surface area contributed by atoms with Gasteiger partial charge in [-0.3, -0.25) is 4.79 Å². The van der Waals surface area contributed by atoms with E-state index < -0.39 is 12.1 Å². The molecule has 0 fully saturated rings. The summed E-state index contributed by atoms with van der Waals surface area (Å²) in [5, 5.41) is 17.7. The Balaban J connectivity index is 0.000000711. The summed E-state index contributed by atoms with van der Waals surface area (Å²) in [6.45, 7) is 1.44. The van der Waals surface area contributed by atoms with Gasteiger partial charge >= 0.3 is 0 Å². The number of aliphatic hydroxyl groups is 1. The molecule has 5 nitrogen and oxygen atoms in total. The first-order valence-electron chi connectivity index (χ1n) is 5.31. The van der Waals surface area contributed by atoms with Gasteiger partial charge in [0.1, 0.15) is 18.5 Å². The Morgan fingerprint density at radius 2 is 1.95 bits per heavy atom. The van der Waals surface area contributed by atoms with Crippen molar-refractivity contribution in [2.45, 2.75) is 13.0 Å². The average Bonchev–Trinajstić information content (AvgIpc) is 2.27. The normalized spacial score (nSPS) is 11.2. The van der Waals surface area contributed by atoms with Crippen LogP contribution in [0.2, 0.25) is 10.0 Å². The number of rotatable bonds is 5. The van der Waals surface area contributed by atoms with Crippen LogP contribution in [-0.2, 0) is 9.53 Å². The maximum atomic E-state index is 9.34. The topological polar surface area (TPSA) is 76.0 Å². The molecule has 0 radical (unpaired) electrons. The number of aliphatic carboxylic acids is 1. The second kappa shape index (κ2) is 9.86. The third kappa shape index (κ3) is 9.55. The van der Waals surface area contributed by atoms with Gasteiger partial charge in [-0.1, -0.05) is 23.2 Å². The Kier molecular flexibility index (Phi) is 9.34. The number of ether oxygens (including phenoxy) is 2. The van der Waals surface area contributed by atoms with Gasteiger partial charge in [0.05, 0.1) is 11.6 Å². The maximum Gasteiger partial charge on any atom is 0.300 e. The molecule has 0 aliphatic rings. The van der Waals surface area contributed by atoms with Gasteiger partial charge in [-0.15, -0.1) is 0 Å². The third-order valence-corrected chi connectivity index (χ3v) is 2.21. The van der Waals surface area contributed by atoms with Gasteiger partial charge in [-0.2, -0.15) is 0 Å². The second-order valence-electron chi connectivity index (χ2n) is 3.51. The first-order chi connectivity index (χ1) is 8.86. The Morgan fingerprint density at radius 1 is 1.37 bits per heavy atom. The number of carboxylic acids is 1. The van der Waals surface area contributed by atoms with Gasteiger partial charge < -0.3 is 19.7 Å². The largest absolute Gasteiger partial charge is 0.489 e. The van der Waals surface area contributed by atoms with Crippen LogP contribution in [0.3, 0.4) is 0 Å². The number of halogens is 2. The van der Waals surface area contributed by atoms with E-state index >= 15 is 0 Å². The van der Waals surface area contributed by atoms with E-state index in [1.807, 2.05) is 0 Å². The molecule has 0 aromatic heterocycles. The minimum atomic E-state index is -0.833. The van der Waals surface area contributed by atoms with E-state index in [0.717, 1.165) is 6.92 Å². The van der Waals surface area contributed by atoms with Crippen molar-refractivity contribution in [3.8, 4) is 5.75 Å². The predicted octanol–water partition coefficient (Wildman–Crippen LogP) is 2.47. The summed E-state index contributed by atoms with van der Waals surface area (Å²) >= 11 is 11.6. The molecule has 0 heterocycles. The monoisotopic (exact) mass is 310 g/mol. The highest BCUT2D eigenvalue weighted by Gasteiger charge is 2.07. The maximum absolute atomic E-state index is 9.34. The number of carbonyl (C=O) groups is 1. The standard InChI is InChI=1S/C10H12Cl2O3.C2H4O2/c1-14-5-8(13)6-15-10-3-2-7(11)4-9(10)12;1-2(3)4/h2-4,8,13H,5-6H2,1H3;1H3,(H,3,4). The van der Waals surface area contributed by atoms with E-state index in [4.69, 9.17) is 42.6 Å². The highest BCUT2D eigenvalue weighted by atomic mass is 35.5. The quantitative estimate of drug-likeness (QED) is 0.873. The number of benzene rings is 1. The number of hydrogen-bond donors (Lipinski definition) is 2. The second-order valence-corrected chi connectivity index (χ2v) is 4.36. The average molecular weight is 311 g/mol. The van der Waals surface area contributed by atoms with Gasteiger partial charge in [0.25, 0.3) is 5.97 Å². The molecule has 1 aromatic carbocycles. The first kappa shape index (κ1) is 18.0. The number of hydrogen-bond acceptors (Lipinski definition) is 4. The summed E-state index contributed by atoms with van der Waals surface area (Å²) in [4.78, 5) is 9.00. The van der Waals surface area contributed by atoms with E-state index in [1.165, 1.54) is 7.11 Å². The summed E-state index contributed by atoms with van der Waals surface area (Å²) in [6.07, 6.45) is -0.665. The summed E-state index contributed by atoms with van der Waals surface area (Å²) < 4.78 is 10.0. The fourth-order valence-electron chi connectivity index (χ4n) is 1.02. The van der Waals surface area contributed by atoms with Gasteiger partial charge in [0.2, 0.25) is 0 Å². The molecule has 0 aliphatic carbocycles. The van der Waals surface area contributed by atoms with Crippen molar-refractivity contribution >= 4 is 29.2 Å². The van der Waals surface area contributed by atoms with Gasteiger partial charge in [-0.05, 0) is 18.2 Å². The Morgan fingerprint density at radius 3 is 2.42 bits per heavy atom. The summed E-state index contributed by atoms with van der Waals surface area (Å²) in [7, 11) is 1.51. The molecular formula is C12H16Cl2O5. The fourth-order valence-corrected chi connectivity index (χ4v) is 1.48. The van der Waals surface area contributed by atoms with Crippen molar-refractivity contribution in [3.63, 3.8) is 0 Å². The van der Waals surface area contributed by atoms with E-state index in [-0.39, 0.29) is 13.2 Å². The van der Waals surface area contributed by atoms with Crippen molar-refractivity contribution < 1.29 is 24.5 Å². The predicted molar refractivity (Wildman–Crippen MR) is 73.1 cm³/mol. The van der Waals surface area contributed by atoms with Crippen LogP contribution in [0.5, 0.6) is 5.75 Å². The molecule has 2 N–H and O–H groups in total. The number of carboxylic acid groups (broad SMARTS) is 1. The zero-order valence-electron chi connectivity index (χ0n) is 10.6. The molecule has 108 valence electrons. The van der Waals surface area contributed by atoms with Crippen molar-refractivity contribution in [1.82, 2.24) is 0 Å². The highest BCUT2D eigenvalue weighted by molar-refractivity contribution is 6.35. The molecule has 0 amide bonds. The van der Waals surface area contributed by atoms with Crippen molar-refractivity contribution in [2.75, 3.05) is 20.3 Å². The molecule has 7 heteroatoms. The minimum Gasteiger partial charge on any atom is -0.489 e. The van der Waals surface area contributed by atoms with Crippen LogP contribution in [0.4, 0.5) is 0 Å². The first-order valence-corrected chi connectivity index (χ1v) is 6.06. The van der Waals surface area contributed by atoms with Crippen molar-refractivity contribution in [3.05, 3.63) is 28.2 Å². The molecular weight excluding hydrogens is 295 g/mol. The Bertz CT molecular complexity index is 394. The lowest BCUT2D eigenvalue weighted by Gasteiger charge is -2.12. The Hall–Kier alpha value is -1.01. The molecule has 1 unspecified atom stereocenters. The molecule has 0 aliphatic heterocycles. The van der Waals surface area contributed by atoms with Gasteiger partial charge in [0, 0.05) is 19.1 Å². The van der Waals surface area contributed by atoms with E-state index in [2.05, 4.69) is 0 Å². The lowest BCUT2D eigenvalue weighted by atomic mass is 10.3. The molecule has 0 bridgehead atoms. The Labute approximate surface area is 121 Å². The zero-order valence-corrected chi connectivity index (χ0v) is 12.1. The highest BCUT2D eigenvalue weighted by Crippen LogP contribution is 2.27. The molecule has 0 saturated heterocycles. The fraction of sp³-hybridized carbons (Fsp3) is 0.417. The smallest absolute Gasteiger partial charge is 0.300 e.